The molecule has 0 amide bonds. The highest BCUT2D eigenvalue weighted by Gasteiger charge is 2.26. The molecule has 0 aliphatic carbocycles. The molecular formula is C21H26FNO2. The average Bonchev–Trinajstić information content (AvgIpc) is 3.08. The topological polar surface area (TPSA) is 21.7 Å². The fourth-order valence-corrected chi connectivity index (χ4v) is 3.48. The predicted molar refractivity (Wildman–Crippen MR) is 97.6 cm³/mol. The van der Waals surface area contributed by atoms with Crippen LogP contribution in [0.4, 0.5) is 4.39 Å². The molecule has 0 unspecified atom stereocenters. The van der Waals surface area contributed by atoms with Gasteiger partial charge in [-0.25, -0.2) is 4.39 Å². The lowest BCUT2D eigenvalue weighted by Crippen LogP contribution is -2.22. The van der Waals surface area contributed by atoms with E-state index in [9.17, 15) is 4.39 Å². The van der Waals surface area contributed by atoms with E-state index in [0.29, 0.717) is 6.61 Å². The standard InChI is InChI=1S/C21H26FNO2/c1-3-12-25-20-10-9-16(13-21(20)24-2)15-23-11-5-8-19(23)17-6-4-7-18(22)14-17/h4,6-7,9-10,13-14,19H,3,5,8,11-12,15H2,1-2H3/t19-/m1/s1. The molecule has 3 nitrogen and oxygen atoms in total. The summed E-state index contributed by atoms with van der Waals surface area (Å²) >= 11 is 0. The number of hydrogen-bond acceptors (Lipinski definition) is 3. The molecule has 3 rings (SSSR count). The van der Waals surface area contributed by atoms with Crippen molar-refractivity contribution in [2.75, 3.05) is 20.3 Å². The van der Waals surface area contributed by atoms with E-state index in [1.54, 1.807) is 19.2 Å². The van der Waals surface area contributed by atoms with Crippen LogP contribution in [0.2, 0.25) is 0 Å². The minimum Gasteiger partial charge on any atom is -0.493 e. The highest BCUT2D eigenvalue weighted by molar-refractivity contribution is 5.43. The van der Waals surface area contributed by atoms with Gasteiger partial charge in [0, 0.05) is 12.6 Å². The maximum atomic E-state index is 13.6. The van der Waals surface area contributed by atoms with Crippen molar-refractivity contribution in [2.45, 2.75) is 38.8 Å². The zero-order chi connectivity index (χ0) is 17.6. The van der Waals surface area contributed by atoms with Crippen LogP contribution >= 0.6 is 0 Å². The van der Waals surface area contributed by atoms with Gasteiger partial charge in [0.25, 0.3) is 0 Å². The number of methoxy groups -OCH3 is 1. The summed E-state index contributed by atoms with van der Waals surface area (Å²) in [6.07, 6.45) is 3.17. The van der Waals surface area contributed by atoms with Crippen LogP contribution in [0.25, 0.3) is 0 Å². The molecular weight excluding hydrogens is 317 g/mol. The van der Waals surface area contributed by atoms with Crippen LogP contribution in [0.5, 0.6) is 11.5 Å². The predicted octanol–water partition coefficient (Wildman–Crippen LogP) is 4.96. The molecule has 1 saturated heterocycles. The fourth-order valence-electron chi connectivity index (χ4n) is 3.48. The number of nitrogens with zero attached hydrogens (tertiary/aromatic N) is 1. The molecule has 0 bridgehead atoms. The Balaban J connectivity index is 1.74. The summed E-state index contributed by atoms with van der Waals surface area (Å²) in [4.78, 5) is 2.41. The van der Waals surface area contributed by atoms with Gasteiger partial charge in [-0.15, -0.1) is 0 Å². The summed E-state index contributed by atoms with van der Waals surface area (Å²) in [6, 6.07) is 13.4. The SMILES string of the molecule is CCCOc1ccc(CN2CCC[C@@H]2c2cccc(F)c2)cc1OC. The second kappa shape index (κ2) is 8.34. The first-order valence-corrected chi connectivity index (χ1v) is 9.00. The van der Waals surface area contributed by atoms with E-state index in [1.165, 1.54) is 11.6 Å². The summed E-state index contributed by atoms with van der Waals surface area (Å²) in [7, 11) is 1.67. The van der Waals surface area contributed by atoms with Crippen molar-refractivity contribution in [3.63, 3.8) is 0 Å². The molecule has 2 aromatic carbocycles. The number of rotatable bonds is 7. The highest BCUT2D eigenvalue weighted by atomic mass is 19.1. The summed E-state index contributed by atoms with van der Waals surface area (Å²) in [5, 5.41) is 0. The Bertz CT molecular complexity index is 704. The van der Waals surface area contributed by atoms with Gasteiger partial charge in [0.15, 0.2) is 11.5 Å². The van der Waals surface area contributed by atoms with Gasteiger partial charge in [0.05, 0.1) is 13.7 Å². The van der Waals surface area contributed by atoms with E-state index in [-0.39, 0.29) is 11.9 Å². The van der Waals surface area contributed by atoms with Gasteiger partial charge in [-0.1, -0.05) is 25.1 Å². The summed E-state index contributed by atoms with van der Waals surface area (Å²) < 4.78 is 24.8. The first-order chi connectivity index (χ1) is 12.2. The van der Waals surface area contributed by atoms with Crippen LogP contribution in [-0.2, 0) is 6.54 Å². The third-order valence-corrected chi connectivity index (χ3v) is 4.67. The molecule has 1 fully saturated rings. The van der Waals surface area contributed by atoms with E-state index in [0.717, 1.165) is 49.4 Å². The summed E-state index contributed by atoms with van der Waals surface area (Å²) in [5.74, 6) is 1.40. The molecule has 2 aromatic rings. The Morgan fingerprint density at radius 2 is 2.04 bits per heavy atom. The second-order valence-electron chi connectivity index (χ2n) is 6.52. The molecule has 0 N–H and O–H groups in total. The second-order valence-corrected chi connectivity index (χ2v) is 6.52. The number of benzene rings is 2. The first-order valence-electron chi connectivity index (χ1n) is 9.00. The van der Waals surface area contributed by atoms with Crippen LogP contribution in [0, 0.1) is 5.82 Å². The lowest BCUT2D eigenvalue weighted by molar-refractivity contribution is 0.247. The van der Waals surface area contributed by atoms with Gasteiger partial charge in [-0.3, -0.25) is 4.90 Å². The van der Waals surface area contributed by atoms with Crippen molar-refractivity contribution >= 4 is 0 Å². The molecule has 134 valence electrons. The normalized spacial score (nSPS) is 17.6. The monoisotopic (exact) mass is 343 g/mol. The quantitative estimate of drug-likeness (QED) is 0.709. The Hall–Kier alpha value is -2.07. The molecule has 1 heterocycles. The van der Waals surface area contributed by atoms with Crippen molar-refractivity contribution in [1.29, 1.82) is 0 Å². The largest absolute Gasteiger partial charge is 0.493 e. The van der Waals surface area contributed by atoms with Crippen LogP contribution in [-0.4, -0.2) is 25.2 Å². The van der Waals surface area contributed by atoms with Gasteiger partial charge >= 0.3 is 0 Å². The molecule has 0 spiro atoms. The van der Waals surface area contributed by atoms with Gasteiger partial charge in [-0.05, 0) is 61.2 Å². The minimum absolute atomic E-state index is 0.163. The third-order valence-electron chi connectivity index (χ3n) is 4.67. The molecule has 4 heteroatoms. The van der Waals surface area contributed by atoms with Crippen molar-refractivity contribution < 1.29 is 13.9 Å². The number of ether oxygens (including phenoxy) is 2. The summed E-state index contributed by atoms with van der Waals surface area (Å²) in [5.41, 5.74) is 2.25. The molecule has 0 aromatic heterocycles. The Labute approximate surface area is 149 Å². The maximum Gasteiger partial charge on any atom is 0.161 e. The van der Waals surface area contributed by atoms with E-state index in [4.69, 9.17) is 9.47 Å². The van der Waals surface area contributed by atoms with Gasteiger partial charge in [-0.2, -0.15) is 0 Å². The highest BCUT2D eigenvalue weighted by Crippen LogP contribution is 2.35. The van der Waals surface area contributed by atoms with Crippen molar-refractivity contribution in [2.24, 2.45) is 0 Å². The molecule has 1 aliphatic rings. The summed E-state index contributed by atoms with van der Waals surface area (Å²) in [6.45, 7) is 4.62. The van der Waals surface area contributed by atoms with Crippen LogP contribution in [0.15, 0.2) is 42.5 Å². The Morgan fingerprint density at radius 3 is 2.80 bits per heavy atom. The van der Waals surface area contributed by atoms with Crippen molar-refractivity contribution in [1.82, 2.24) is 4.90 Å². The zero-order valence-corrected chi connectivity index (χ0v) is 15.0. The Morgan fingerprint density at radius 1 is 1.16 bits per heavy atom. The van der Waals surface area contributed by atoms with E-state index in [1.807, 2.05) is 18.2 Å². The van der Waals surface area contributed by atoms with E-state index < -0.39 is 0 Å². The molecule has 25 heavy (non-hydrogen) atoms. The van der Waals surface area contributed by atoms with Gasteiger partial charge in [0.1, 0.15) is 5.82 Å². The lowest BCUT2D eigenvalue weighted by atomic mass is 10.0. The van der Waals surface area contributed by atoms with Gasteiger partial charge in [0.2, 0.25) is 0 Å². The number of halogens is 1. The van der Waals surface area contributed by atoms with Crippen LogP contribution < -0.4 is 9.47 Å². The van der Waals surface area contributed by atoms with Crippen LogP contribution in [0.1, 0.15) is 43.4 Å². The molecule has 0 radical (unpaired) electrons. The van der Waals surface area contributed by atoms with E-state index >= 15 is 0 Å². The average molecular weight is 343 g/mol. The maximum absolute atomic E-state index is 13.6. The van der Waals surface area contributed by atoms with Crippen molar-refractivity contribution in [3.05, 3.63) is 59.4 Å². The smallest absolute Gasteiger partial charge is 0.161 e. The molecule has 1 aliphatic heterocycles. The van der Waals surface area contributed by atoms with Crippen LogP contribution in [0.3, 0.4) is 0 Å². The van der Waals surface area contributed by atoms with E-state index in [2.05, 4.69) is 17.9 Å². The Kier molecular flexibility index (Phi) is 5.92. The minimum atomic E-state index is -0.163. The zero-order valence-electron chi connectivity index (χ0n) is 15.0. The number of hydrogen-bond donors (Lipinski definition) is 0. The fraction of sp³-hybridized carbons (Fsp3) is 0.429. The molecule has 1 atom stereocenters. The van der Waals surface area contributed by atoms with Crippen molar-refractivity contribution in [3.8, 4) is 11.5 Å². The third kappa shape index (κ3) is 4.31. The number of likely N-dealkylation sites (tertiary alicyclic amines) is 1. The lowest BCUT2D eigenvalue weighted by Gasteiger charge is -2.25. The van der Waals surface area contributed by atoms with Gasteiger partial charge < -0.3 is 9.47 Å². The first kappa shape index (κ1) is 17.7. The molecule has 0 saturated carbocycles.